The van der Waals surface area contributed by atoms with Crippen LogP contribution in [0.3, 0.4) is 0 Å². The molecule has 1 saturated heterocycles. The van der Waals surface area contributed by atoms with E-state index in [-0.39, 0.29) is 17.6 Å². The first kappa shape index (κ1) is 21.1. The van der Waals surface area contributed by atoms with Gasteiger partial charge in [0.05, 0.1) is 11.5 Å². The molecule has 0 unspecified atom stereocenters. The molecule has 8 heteroatoms. The molecule has 1 amide bonds. The van der Waals surface area contributed by atoms with Crippen molar-refractivity contribution in [1.82, 2.24) is 10.2 Å². The van der Waals surface area contributed by atoms with Gasteiger partial charge in [0.25, 0.3) is 11.6 Å². The summed E-state index contributed by atoms with van der Waals surface area (Å²) in [6, 6.07) is 11.1. The molecule has 0 saturated carbocycles. The Morgan fingerprint density at radius 1 is 1.16 bits per heavy atom. The van der Waals surface area contributed by atoms with Gasteiger partial charge in [0, 0.05) is 56.8 Å². The van der Waals surface area contributed by atoms with Gasteiger partial charge in [0.2, 0.25) is 0 Å². The molecule has 1 fully saturated rings. The van der Waals surface area contributed by atoms with Crippen molar-refractivity contribution in [1.29, 1.82) is 0 Å². The third kappa shape index (κ3) is 4.80. The van der Waals surface area contributed by atoms with E-state index in [1.807, 2.05) is 24.8 Å². The predicted octanol–water partition coefficient (Wildman–Crippen LogP) is 2.99. The molecule has 0 radical (unpaired) electrons. The zero-order valence-corrected chi connectivity index (χ0v) is 18.0. The number of benzene rings is 2. The normalized spacial score (nSPS) is 16.2. The van der Waals surface area contributed by atoms with Crippen molar-refractivity contribution in [3.63, 3.8) is 0 Å². The largest absolute Gasteiger partial charge is 0.493 e. The van der Waals surface area contributed by atoms with E-state index >= 15 is 0 Å². The number of rotatable bonds is 6. The first-order valence-electron chi connectivity index (χ1n) is 10.7. The topological polar surface area (TPSA) is 88.0 Å². The summed E-state index contributed by atoms with van der Waals surface area (Å²) >= 11 is 0. The van der Waals surface area contributed by atoms with E-state index in [1.54, 1.807) is 12.1 Å². The Hall–Kier alpha value is -3.13. The number of nitro groups is 1. The summed E-state index contributed by atoms with van der Waals surface area (Å²) in [6.07, 6.45) is 0.964. The number of ether oxygens (including phenoxy) is 1. The van der Waals surface area contributed by atoms with E-state index in [0.29, 0.717) is 24.3 Å². The quantitative estimate of drug-likeness (QED) is 0.567. The Balaban J connectivity index is 1.42. The maximum atomic E-state index is 12.2. The van der Waals surface area contributed by atoms with Crippen molar-refractivity contribution >= 4 is 17.3 Å². The summed E-state index contributed by atoms with van der Waals surface area (Å²) in [5.74, 6) is 0.695. The summed E-state index contributed by atoms with van der Waals surface area (Å²) in [5.41, 5.74) is 3.39. The number of hydrogen-bond donors (Lipinski definition) is 1. The summed E-state index contributed by atoms with van der Waals surface area (Å²) in [7, 11) is 0. The number of nitro benzene ring substituents is 1. The standard InChI is InChI=1S/C23H28N4O4/c1-16(2)24-23(28)19-4-5-20(21(14-19)27(29)30)26-10-8-25(9-11-26)15-17-3-6-22-18(13-17)7-12-31-22/h3-6,13-14,16H,7-12,15H2,1-2H3,(H,24,28). The smallest absolute Gasteiger partial charge is 0.293 e. The van der Waals surface area contributed by atoms with Crippen LogP contribution in [0.1, 0.15) is 35.3 Å². The lowest BCUT2D eigenvalue weighted by molar-refractivity contribution is -0.384. The second-order valence-corrected chi connectivity index (χ2v) is 8.39. The number of hydrogen-bond acceptors (Lipinski definition) is 6. The first-order chi connectivity index (χ1) is 14.9. The molecule has 0 aliphatic carbocycles. The zero-order valence-electron chi connectivity index (χ0n) is 18.0. The number of nitrogens with one attached hydrogen (secondary N) is 1. The lowest BCUT2D eigenvalue weighted by Gasteiger charge is -2.36. The molecule has 2 heterocycles. The van der Waals surface area contributed by atoms with Gasteiger partial charge in [-0.3, -0.25) is 19.8 Å². The average molecular weight is 425 g/mol. The molecule has 2 aliphatic rings. The Morgan fingerprint density at radius 3 is 2.65 bits per heavy atom. The van der Waals surface area contributed by atoms with Crippen molar-refractivity contribution in [3.05, 3.63) is 63.2 Å². The molecular formula is C23H28N4O4. The number of amides is 1. The Bertz CT molecular complexity index is 984. The fourth-order valence-electron chi connectivity index (χ4n) is 4.17. The van der Waals surface area contributed by atoms with Gasteiger partial charge in [-0.05, 0) is 43.2 Å². The van der Waals surface area contributed by atoms with Crippen molar-refractivity contribution < 1.29 is 14.5 Å². The molecule has 8 nitrogen and oxygen atoms in total. The third-order valence-corrected chi connectivity index (χ3v) is 5.73. The van der Waals surface area contributed by atoms with Gasteiger partial charge in [-0.15, -0.1) is 0 Å². The highest BCUT2D eigenvalue weighted by Gasteiger charge is 2.25. The first-order valence-corrected chi connectivity index (χ1v) is 10.7. The van der Waals surface area contributed by atoms with Crippen LogP contribution in [0.2, 0.25) is 0 Å². The van der Waals surface area contributed by atoms with Crippen molar-refractivity contribution in [2.24, 2.45) is 0 Å². The summed E-state index contributed by atoms with van der Waals surface area (Å²) < 4.78 is 5.58. The molecule has 4 rings (SSSR count). The van der Waals surface area contributed by atoms with Gasteiger partial charge in [0.15, 0.2) is 0 Å². The van der Waals surface area contributed by atoms with E-state index in [0.717, 1.165) is 38.4 Å². The molecule has 2 aromatic carbocycles. The van der Waals surface area contributed by atoms with Crippen molar-refractivity contribution in [2.45, 2.75) is 32.9 Å². The summed E-state index contributed by atoms with van der Waals surface area (Å²) in [4.78, 5) is 27.9. The van der Waals surface area contributed by atoms with Gasteiger partial charge < -0.3 is 15.0 Å². The highest BCUT2D eigenvalue weighted by molar-refractivity contribution is 5.96. The van der Waals surface area contributed by atoms with Crippen LogP contribution in [0.5, 0.6) is 5.75 Å². The number of anilines is 1. The summed E-state index contributed by atoms with van der Waals surface area (Å²) in [6.45, 7) is 8.37. The van der Waals surface area contributed by atoms with Crippen LogP contribution in [0.4, 0.5) is 11.4 Å². The molecular weight excluding hydrogens is 396 g/mol. The van der Waals surface area contributed by atoms with Gasteiger partial charge in [-0.25, -0.2) is 0 Å². The molecule has 31 heavy (non-hydrogen) atoms. The second-order valence-electron chi connectivity index (χ2n) is 8.39. The summed E-state index contributed by atoms with van der Waals surface area (Å²) in [5, 5.41) is 14.5. The SMILES string of the molecule is CC(C)NC(=O)c1ccc(N2CCN(Cc3ccc4c(c3)CCO4)CC2)c([N+](=O)[O-])c1. The lowest BCUT2D eigenvalue weighted by atomic mass is 10.1. The third-order valence-electron chi connectivity index (χ3n) is 5.73. The Labute approximate surface area is 181 Å². The number of carbonyl (C=O) groups excluding carboxylic acids is 1. The molecule has 0 spiro atoms. The number of piperazine rings is 1. The Morgan fingerprint density at radius 2 is 1.94 bits per heavy atom. The molecule has 0 aromatic heterocycles. The average Bonchev–Trinajstić information content (AvgIpc) is 3.21. The van der Waals surface area contributed by atoms with E-state index < -0.39 is 4.92 Å². The molecule has 2 aromatic rings. The van der Waals surface area contributed by atoms with Crippen LogP contribution in [0.25, 0.3) is 0 Å². The monoisotopic (exact) mass is 424 g/mol. The lowest BCUT2D eigenvalue weighted by Crippen LogP contribution is -2.46. The minimum Gasteiger partial charge on any atom is -0.493 e. The van der Waals surface area contributed by atoms with Crippen molar-refractivity contribution in [3.8, 4) is 5.75 Å². The zero-order chi connectivity index (χ0) is 22.0. The van der Waals surface area contributed by atoms with Crippen LogP contribution in [-0.4, -0.2) is 54.6 Å². The van der Waals surface area contributed by atoms with Crippen LogP contribution in [-0.2, 0) is 13.0 Å². The van der Waals surface area contributed by atoms with Crippen LogP contribution in [0, 0.1) is 10.1 Å². The maximum Gasteiger partial charge on any atom is 0.293 e. The van der Waals surface area contributed by atoms with E-state index in [1.165, 1.54) is 17.2 Å². The fourth-order valence-corrected chi connectivity index (χ4v) is 4.17. The van der Waals surface area contributed by atoms with Crippen LogP contribution < -0.4 is 15.0 Å². The highest BCUT2D eigenvalue weighted by atomic mass is 16.6. The maximum absolute atomic E-state index is 12.2. The van der Waals surface area contributed by atoms with Gasteiger partial charge >= 0.3 is 0 Å². The van der Waals surface area contributed by atoms with E-state index in [4.69, 9.17) is 4.74 Å². The second kappa shape index (κ2) is 8.93. The minimum absolute atomic E-state index is 0.0246. The van der Waals surface area contributed by atoms with E-state index in [2.05, 4.69) is 22.3 Å². The minimum atomic E-state index is -0.402. The van der Waals surface area contributed by atoms with E-state index in [9.17, 15) is 14.9 Å². The fraction of sp³-hybridized carbons (Fsp3) is 0.435. The van der Waals surface area contributed by atoms with Gasteiger partial charge in [-0.1, -0.05) is 12.1 Å². The molecule has 2 aliphatic heterocycles. The molecule has 0 bridgehead atoms. The number of fused-ring (bicyclic) bond motifs is 1. The number of nitrogens with zero attached hydrogens (tertiary/aromatic N) is 3. The molecule has 0 atom stereocenters. The number of carbonyl (C=O) groups is 1. The van der Waals surface area contributed by atoms with Gasteiger partial charge in [0.1, 0.15) is 11.4 Å². The molecule has 1 N–H and O–H groups in total. The van der Waals surface area contributed by atoms with Crippen molar-refractivity contribution in [2.75, 3.05) is 37.7 Å². The van der Waals surface area contributed by atoms with Crippen LogP contribution in [0.15, 0.2) is 36.4 Å². The highest BCUT2D eigenvalue weighted by Crippen LogP contribution is 2.31. The van der Waals surface area contributed by atoms with Gasteiger partial charge in [-0.2, -0.15) is 0 Å². The predicted molar refractivity (Wildman–Crippen MR) is 119 cm³/mol. The Kier molecular flexibility index (Phi) is 6.08. The van der Waals surface area contributed by atoms with Crippen LogP contribution >= 0.6 is 0 Å². The molecule has 164 valence electrons.